The molecule has 90 valence electrons. The van der Waals surface area contributed by atoms with Crippen LogP contribution in [-0.4, -0.2) is 11.3 Å². The molecule has 0 aliphatic rings. The van der Waals surface area contributed by atoms with E-state index in [1.54, 1.807) is 4.98 Å². The second-order valence-corrected chi connectivity index (χ2v) is 2.89. The zero-order valence-electron chi connectivity index (χ0n) is 7.86. The van der Waals surface area contributed by atoms with Crippen molar-refractivity contribution >= 4 is 0 Å². The van der Waals surface area contributed by atoms with Crippen molar-refractivity contribution < 1.29 is 26.7 Å². The van der Waals surface area contributed by atoms with E-state index in [-0.39, 0.29) is 0 Å². The lowest BCUT2D eigenvalue weighted by Gasteiger charge is -2.13. The molecule has 8 heteroatoms. The minimum atomic E-state index is -5.03. The molecular formula is C8H6F5NO2. The summed E-state index contributed by atoms with van der Waals surface area (Å²) >= 11 is 0. The largest absolute Gasteiger partial charge is 0.573 e. The number of rotatable bonds is 2. The Kier molecular flexibility index (Phi) is 3.20. The van der Waals surface area contributed by atoms with E-state index in [0.717, 1.165) is 6.92 Å². The highest BCUT2D eigenvalue weighted by Gasteiger charge is 2.32. The third kappa shape index (κ3) is 2.94. The summed E-state index contributed by atoms with van der Waals surface area (Å²) in [5, 5.41) is 0. The molecule has 1 N–H and O–H groups in total. The van der Waals surface area contributed by atoms with Crippen LogP contribution in [0.25, 0.3) is 0 Å². The summed E-state index contributed by atoms with van der Waals surface area (Å²) in [7, 11) is 0. The molecule has 0 amide bonds. The zero-order chi connectivity index (χ0) is 12.5. The van der Waals surface area contributed by atoms with Crippen LogP contribution in [0.15, 0.2) is 10.9 Å². The standard InChI is InChI=1S/C8H6F5NO2/c1-3-4(16-8(11,12)13)2-5(15)14-6(3)7(9)10/h2,7H,1H3,(H,14,15). The van der Waals surface area contributed by atoms with E-state index in [1.165, 1.54) is 0 Å². The predicted molar refractivity (Wildman–Crippen MR) is 43.4 cm³/mol. The average molecular weight is 243 g/mol. The van der Waals surface area contributed by atoms with Gasteiger partial charge in [-0.1, -0.05) is 0 Å². The fourth-order valence-electron chi connectivity index (χ4n) is 1.07. The van der Waals surface area contributed by atoms with Crippen molar-refractivity contribution in [3.8, 4) is 5.75 Å². The third-order valence-corrected chi connectivity index (χ3v) is 1.74. The van der Waals surface area contributed by atoms with Gasteiger partial charge in [0, 0.05) is 11.6 Å². The smallest absolute Gasteiger partial charge is 0.405 e. The van der Waals surface area contributed by atoms with Gasteiger partial charge < -0.3 is 9.72 Å². The quantitative estimate of drug-likeness (QED) is 0.811. The van der Waals surface area contributed by atoms with Crippen LogP contribution in [0.3, 0.4) is 0 Å². The van der Waals surface area contributed by atoms with Gasteiger partial charge >= 0.3 is 6.36 Å². The first kappa shape index (κ1) is 12.5. The molecule has 0 fully saturated rings. The highest BCUT2D eigenvalue weighted by molar-refractivity contribution is 5.35. The molecule has 1 aromatic rings. The Balaban J connectivity index is 3.25. The Hall–Kier alpha value is -1.60. The number of pyridine rings is 1. The van der Waals surface area contributed by atoms with Crippen LogP contribution in [0.5, 0.6) is 5.75 Å². The molecule has 0 unspecified atom stereocenters. The lowest BCUT2D eigenvalue weighted by atomic mass is 10.2. The van der Waals surface area contributed by atoms with Crippen LogP contribution < -0.4 is 10.3 Å². The summed E-state index contributed by atoms with van der Waals surface area (Å²) in [6.45, 7) is 0.999. The van der Waals surface area contributed by atoms with Crippen molar-refractivity contribution in [1.29, 1.82) is 0 Å². The molecule has 0 saturated carbocycles. The minimum Gasteiger partial charge on any atom is -0.405 e. The molecule has 1 rings (SSSR count). The fourth-order valence-corrected chi connectivity index (χ4v) is 1.07. The van der Waals surface area contributed by atoms with Gasteiger partial charge in [0.2, 0.25) is 0 Å². The SMILES string of the molecule is Cc1c(OC(F)(F)F)cc(=O)[nH]c1C(F)F. The van der Waals surface area contributed by atoms with E-state index < -0.39 is 35.4 Å². The molecule has 0 aliphatic heterocycles. The van der Waals surface area contributed by atoms with Crippen molar-refractivity contribution in [2.45, 2.75) is 19.7 Å². The second kappa shape index (κ2) is 4.11. The maximum atomic E-state index is 12.3. The highest BCUT2D eigenvalue weighted by atomic mass is 19.4. The summed E-state index contributed by atoms with van der Waals surface area (Å²) in [5.41, 5.74) is -2.42. The van der Waals surface area contributed by atoms with E-state index in [9.17, 15) is 26.7 Å². The van der Waals surface area contributed by atoms with Crippen molar-refractivity contribution in [2.24, 2.45) is 0 Å². The number of hydrogen-bond donors (Lipinski definition) is 1. The van der Waals surface area contributed by atoms with Gasteiger partial charge in [-0.25, -0.2) is 8.78 Å². The highest BCUT2D eigenvalue weighted by Crippen LogP contribution is 2.29. The lowest BCUT2D eigenvalue weighted by Crippen LogP contribution is -2.21. The van der Waals surface area contributed by atoms with Gasteiger partial charge in [-0.05, 0) is 6.92 Å². The van der Waals surface area contributed by atoms with Crippen LogP contribution >= 0.6 is 0 Å². The molecule has 3 nitrogen and oxygen atoms in total. The van der Waals surface area contributed by atoms with Gasteiger partial charge in [0.05, 0.1) is 5.69 Å². The number of ether oxygens (including phenoxy) is 1. The van der Waals surface area contributed by atoms with E-state index in [1.807, 2.05) is 0 Å². The molecule has 0 spiro atoms. The van der Waals surface area contributed by atoms with Gasteiger partial charge in [-0.3, -0.25) is 4.79 Å². The molecule has 0 saturated heterocycles. The van der Waals surface area contributed by atoms with Crippen molar-refractivity contribution in [1.82, 2.24) is 4.98 Å². The monoisotopic (exact) mass is 243 g/mol. The van der Waals surface area contributed by atoms with Gasteiger partial charge in [0.1, 0.15) is 5.75 Å². The average Bonchev–Trinajstić information content (AvgIpc) is 2.07. The van der Waals surface area contributed by atoms with Crippen molar-refractivity contribution in [3.05, 3.63) is 27.7 Å². The summed E-state index contributed by atoms with van der Waals surface area (Å²) < 4.78 is 63.7. The van der Waals surface area contributed by atoms with Crippen molar-refractivity contribution in [2.75, 3.05) is 0 Å². The Labute approximate surface area is 85.8 Å². The number of aromatic amines is 1. The third-order valence-electron chi connectivity index (χ3n) is 1.74. The van der Waals surface area contributed by atoms with Crippen LogP contribution in [0.1, 0.15) is 17.7 Å². The summed E-state index contributed by atoms with van der Waals surface area (Å²) in [6, 6.07) is 0.467. The molecule has 0 aliphatic carbocycles. The van der Waals surface area contributed by atoms with Gasteiger partial charge in [-0.15, -0.1) is 13.2 Å². The first-order valence-corrected chi connectivity index (χ1v) is 3.98. The fraction of sp³-hybridized carbons (Fsp3) is 0.375. The van der Waals surface area contributed by atoms with Crippen LogP contribution in [-0.2, 0) is 0 Å². The number of nitrogens with one attached hydrogen (secondary N) is 1. The summed E-state index contributed by atoms with van der Waals surface area (Å²) in [4.78, 5) is 12.6. The van der Waals surface area contributed by atoms with E-state index in [0.29, 0.717) is 6.07 Å². The van der Waals surface area contributed by atoms with Crippen LogP contribution in [0, 0.1) is 6.92 Å². The molecule has 0 radical (unpaired) electrons. The number of hydrogen-bond acceptors (Lipinski definition) is 2. The van der Waals surface area contributed by atoms with E-state index in [4.69, 9.17) is 0 Å². The number of aromatic nitrogens is 1. The minimum absolute atomic E-state index is 0.452. The Morgan fingerprint density at radius 2 is 1.94 bits per heavy atom. The topological polar surface area (TPSA) is 42.1 Å². The van der Waals surface area contributed by atoms with E-state index >= 15 is 0 Å². The maximum Gasteiger partial charge on any atom is 0.573 e. The predicted octanol–water partition coefficient (Wildman–Crippen LogP) is 2.52. The molecule has 1 aromatic heterocycles. The van der Waals surface area contributed by atoms with Crippen LogP contribution in [0.4, 0.5) is 22.0 Å². The zero-order valence-corrected chi connectivity index (χ0v) is 7.86. The molecule has 16 heavy (non-hydrogen) atoms. The molecular weight excluding hydrogens is 237 g/mol. The van der Waals surface area contributed by atoms with Gasteiger partial charge in [0.15, 0.2) is 0 Å². The number of H-pyrrole nitrogens is 1. The molecule has 1 heterocycles. The molecule has 0 bridgehead atoms. The second-order valence-electron chi connectivity index (χ2n) is 2.89. The Bertz CT molecular complexity index is 437. The van der Waals surface area contributed by atoms with Crippen LogP contribution in [0.2, 0.25) is 0 Å². The first-order chi connectivity index (χ1) is 7.20. The number of alkyl halides is 5. The molecule has 0 atom stereocenters. The van der Waals surface area contributed by atoms with Gasteiger partial charge in [-0.2, -0.15) is 0 Å². The normalized spacial score (nSPS) is 11.9. The maximum absolute atomic E-state index is 12.3. The summed E-state index contributed by atoms with van der Waals surface area (Å²) in [6.07, 6.45) is -8.11. The first-order valence-electron chi connectivity index (χ1n) is 3.98. The van der Waals surface area contributed by atoms with Crippen molar-refractivity contribution in [3.63, 3.8) is 0 Å². The van der Waals surface area contributed by atoms with E-state index in [2.05, 4.69) is 4.74 Å². The Morgan fingerprint density at radius 1 is 1.38 bits per heavy atom. The molecule has 0 aromatic carbocycles. The number of halogens is 5. The Morgan fingerprint density at radius 3 is 2.38 bits per heavy atom. The van der Waals surface area contributed by atoms with Gasteiger partial charge in [0.25, 0.3) is 12.0 Å². The lowest BCUT2D eigenvalue weighted by molar-refractivity contribution is -0.274. The summed E-state index contributed by atoms with van der Waals surface area (Å²) in [5.74, 6) is -0.924.